The summed E-state index contributed by atoms with van der Waals surface area (Å²) in [5.74, 6) is -0.502. The first-order valence-electron chi connectivity index (χ1n) is 26.4. The Morgan fingerprint density at radius 1 is 0.475 bits per heavy atom. The van der Waals surface area contributed by atoms with E-state index in [1.807, 2.05) is 0 Å². The van der Waals surface area contributed by atoms with E-state index in [1.54, 1.807) is 0 Å². The van der Waals surface area contributed by atoms with Gasteiger partial charge in [-0.25, -0.2) is 0 Å². The van der Waals surface area contributed by atoms with Crippen LogP contribution in [0.5, 0.6) is 0 Å². The smallest absolute Gasteiger partial charge is 0.306 e. The fourth-order valence-corrected chi connectivity index (χ4v) is 7.84. The molecule has 3 atom stereocenters. The number of rotatable bonds is 47. The zero-order valence-electron chi connectivity index (χ0n) is 40.5. The average molecular weight is 856 g/mol. The van der Waals surface area contributed by atoms with Gasteiger partial charge in [-0.3, -0.25) is 9.59 Å². The summed E-state index contributed by atoms with van der Waals surface area (Å²) < 4.78 is 5.93. The summed E-state index contributed by atoms with van der Waals surface area (Å²) in [6.07, 6.45) is 58.8. The first-order valence-corrected chi connectivity index (χ1v) is 26.4. The van der Waals surface area contributed by atoms with Crippen molar-refractivity contribution in [2.45, 2.75) is 283 Å². The fraction of sp³-hybridized carbons (Fsp3) is 0.818. The number of esters is 1. The first kappa shape index (κ1) is 58.8. The van der Waals surface area contributed by atoms with Crippen LogP contribution >= 0.6 is 0 Å². The SMILES string of the molecule is CCCCC/C=C\C/C=C\C/C=C\CCCCCCC(=O)OC(CCCCCCC/C=C/CCCCCCCC)CC(=O)NC(CO)C(O)CCCCCCCCCCCC. The molecule has 0 radical (unpaired) electrons. The maximum atomic E-state index is 13.2. The van der Waals surface area contributed by atoms with Crippen molar-refractivity contribution in [3.63, 3.8) is 0 Å². The Morgan fingerprint density at radius 2 is 0.836 bits per heavy atom. The summed E-state index contributed by atoms with van der Waals surface area (Å²) in [7, 11) is 0. The number of aliphatic hydroxyl groups is 2. The highest BCUT2D eigenvalue weighted by Gasteiger charge is 2.24. The molecule has 0 aromatic carbocycles. The van der Waals surface area contributed by atoms with Crippen LogP contribution < -0.4 is 5.32 Å². The molecule has 0 saturated heterocycles. The van der Waals surface area contributed by atoms with Crippen LogP contribution in [0.1, 0.15) is 265 Å². The Labute approximate surface area is 378 Å². The third kappa shape index (κ3) is 44.2. The molecule has 0 spiro atoms. The van der Waals surface area contributed by atoms with Crippen LogP contribution in [0.2, 0.25) is 0 Å². The molecule has 0 bridgehead atoms. The number of ether oxygens (including phenoxy) is 1. The summed E-state index contributed by atoms with van der Waals surface area (Å²) in [5, 5.41) is 23.7. The number of nitrogens with one attached hydrogen (secondary N) is 1. The van der Waals surface area contributed by atoms with Gasteiger partial charge in [0.05, 0.1) is 25.2 Å². The normalized spacial score (nSPS) is 13.6. The zero-order chi connectivity index (χ0) is 44.5. The number of carbonyl (C=O) groups excluding carboxylic acids is 2. The van der Waals surface area contributed by atoms with Crippen LogP contribution in [0.25, 0.3) is 0 Å². The van der Waals surface area contributed by atoms with Crippen molar-refractivity contribution in [1.29, 1.82) is 0 Å². The fourth-order valence-electron chi connectivity index (χ4n) is 7.84. The molecule has 0 rings (SSSR count). The highest BCUT2D eigenvalue weighted by Crippen LogP contribution is 2.17. The lowest BCUT2D eigenvalue weighted by molar-refractivity contribution is -0.151. The maximum absolute atomic E-state index is 13.2. The van der Waals surface area contributed by atoms with Gasteiger partial charge in [-0.1, -0.05) is 211 Å². The lowest BCUT2D eigenvalue weighted by Gasteiger charge is -2.24. The van der Waals surface area contributed by atoms with Crippen LogP contribution in [0, 0.1) is 0 Å². The average Bonchev–Trinajstić information content (AvgIpc) is 3.25. The third-order valence-electron chi connectivity index (χ3n) is 11.9. The Morgan fingerprint density at radius 3 is 1.31 bits per heavy atom. The Bertz CT molecular complexity index is 1050. The molecule has 3 N–H and O–H groups in total. The van der Waals surface area contributed by atoms with Crippen molar-refractivity contribution >= 4 is 11.9 Å². The van der Waals surface area contributed by atoms with Crippen LogP contribution in [0.4, 0.5) is 0 Å². The molecule has 0 fully saturated rings. The molecular formula is C55H101NO5. The van der Waals surface area contributed by atoms with E-state index in [1.165, 1.54) is 128 Å². The summed E-state index contributed by atoms with van der Waals surface area (Å²) in [6.45, 7) is 6.44. The van der Waals surface area contributed by atoms with Crippen LogP contribution in [-0.2, 0) is 14.3 Å². The van der Waals surface area contributed by atoms with Crippen molar-refractivity contribution in [2.75, 3.05) is 6.61 Å². The summed E-state index contributed by atoms with van der Waals surface area (Å²) in [6, 6.07) is -0.707. The molecule has 3 unspecified atom stereocenters. The van der Waals surface area contributed by atoms with E-state index in [0.29, 0.717) is 19.3 Å². The standard InChI is InChI=1S/C55H101NO5/c1-4-7-10-13-16-19-22-24-26-27-29-31-33-36-39-42-45-48-55(60)61-51(46-43-40-37-34-32-30-28-25-23-20-17-14-11-8-5-2)49-54(59)56-52(50-57)53(58)47-44-41-38-35-21-18-15-12-9-6-3/h16,19,24-26,28-29,31,51-53,57-58H,4-15,17-18,20-23,27,30,32-50H2,1-3H3,(H,56,59)/b19-16-,26-24-,28-25+,31-29-. The number of hydrogen-bond acceptors (Lipinski definition) is 5. The predicted molar refractivity (Wildman–Crippen MR) is 264 cm³/mol. The molecule has 6 heteroatoms. The van der Waals surface area contributed by atoms with E-state index in [2.05, 4.69) is 74.7 Å². The predicted octanol–water partition coefficient (Wildman–Crippen LogP) is 15.8. The lowest BCUT2D eigenvalue weighted by atomic mass is 10.0. The summed E-state index contributed by atoms with van der Waals surface area (Å²) in [5.41, 5.74) is 0. The second-order valence-electron chi connectivity index (χ2n) is 17.9. The van der Waals surface area contributed by atoms with Crippen molar-refractivity contribution in [2.24, 2.45) is 0 Å². The molecule has 6 nitrogen and oxygen atoms in total. The van der Waals surface area contributed by atoms with Gasteiger partial charge in [0.25, 0.3) is 0 Å². The van der Waals surface area contributed by atoms with Crippen molar-refractivity contribution in [1.82, 2.24) is 5.32 Å². The molecule has 0 saturated carbocycles. The maximum Gasteiger partial charge on any atom is 0.306 e. The van der Waals surface area contributed by atoms with Crippen molar-refractivity contribution in [3.05, 3.63) is 48.6 Å². The van der Waals surface area contributed by atoms with Crippen molar-refractivity contribution in [3.8, 4) is 0 Å². The summed E-state index contributed by atoms with van der Waals surface area (Å²) in [4.78, 5) is 26.1. The van der Waals surface area contributed by atoms with E-state index in [9.17, 15) is 19.8 Å². The highest BCUT2D eigenvalue weighted by atomic mass is 16.5. The minimum atomic E-state index is -0.793. The van der Waals surface area contributed by atoms with Gasteiger partial charge in [-0.05, 0) is 89.9 Å². The topological polar surface area (TPSA) is 95.9 Å². The number of unbranched alkanes of at least 4 members (excludes halogenated alkanes) is 27. The highest BCUT2D eigenvalue weighted by molar-refractivity contribution is 5.77. The molecule has 61 heavy (non-hydrogen) atoms. The van der Waals surface area contributed by atoms with Crippen LogP contribution in [-0.4, -0.2) is 46.9 Å². The molecular weight excluding hydrogens is 755 g/mol. The second kappa shape index (κ2) is 48.8. The second-order valence-corrected chi connectivity index (χ2v) is 17.9. The zero-order valence-corrected chi connectivity index (χ0v) is 40.5. The number of allylic oxidation sites excluding steroid dienone is 8. The monoisotopic (exact) mass is 856 g/mol. The Balaban J connectivity index is 4.62. The van der Waals surface area contributed by atoms with Gasteiger partial charge < -0.3 is 20.3 Å². The van der Waals surface area contributed by atoms with Gasteiger partial charge in [0, 0.05) is 6.42 Å². The number of amides is 1. The van der Waals surface area contributed by atoms with E-state index < -0.39 is 18.2 Å². The Kier molecular flexibility index (Phi) is 47.1. The quantitative estimate of drug-likeness (QED) is 0.0322. The van der Waals surface area contributed by atoms with E-state index in [4.69, 9.17) is 4.74 Å². The van der Waals surface area contributed by atoms with E-state index in [-0.39, 0.29) is 24.9 Å². The first-order chi connectivity index (χ1) is 30.0. The Hall–Kier alpha value is -2.18. The molecule has 0 heterocycles. The number of carbonyl (C=O) groups is 2. The molecule has 0 aliphatic carbocycles. The molecule has 1 amide bonds. The molecule has 0 aliphatic heterocycles. The minimum absolute atomic E-state index is 0.0634. The van der Waals surface area contributed by atoms with Gasteiger partial charge in [0.1, 0.15) is 6.10 Å². The molecule has 0 aromatic heterocycles. The largest absolute Gasteiger partial charge is 0.462 e. The van der Waals surface area contributed by atoms with Gasteiger partial charge in [0.2, 0.25) is 5.91 Å². The third-order valence-corrected chi connectivity index (χ3v) is 11.9. The molecule has 0 aliphatic rings. The van der Waals surface area contributed by atoms with Gasteiger partial charge in [-0.15, -0.1) is 0 Å². The summed E-state index contributed by atoms with van der Waals surface area (Å²) >= 11 is 0. The van der Waals surface area contributed by atoms with Crippen LogP contribution in [0.3, 0.4) is 0 Å². The molecule has 356 valence electrons. The minimum Gasteiger partial charge on any atom is -0.462 e. The van der Waals surface area contributed by atoms with E-state index >= 15 is 0 Å². The van der Waals surface area contributed by atoms with E-state index in [0.717, 1.165) is 89.9 Å². The van der Waals surface area contributed by atoms with Gasteiger partial charge in [0.15, 0.2) is 0 Å². The van der Waals surface area contributed by atoms with Crippen LogP contribution in [0.15, 0.2) is 48.6 Å². The van der Waals surface area contributed by atoms with Gasteiger partial charge >= 0.3 is 5.97 Å². The van der Waals surface area contributed by atoms with Crippen molar-refractivity contribution < 1.29 is 24.5 Å². The number of hydrogen-bond donors (Lipinski definition) is 3. The lowest BCUT2D eigenvalue weighted by Crippen LogP contribution is -2.46. The molecule has 0 aromatic rings. The number of aliphatic hydroxyl groups excluding tert-OH is 2. The van der Waals surface area contributed by atoms with Gasteiger partial charge in [-0.2, -0.15) is 0 Å².